The monoisotopic (exact) mass is 241 g/mol. The van der Waals surface area contributed by atoms with Crippen LogP contribution in [0.4, 0.5) is 13.2 Å². The van der Waals surface area contributed by atoms with Crippen LogP contribution in [-0.4, -0.2) is 23.8 Å². The molecule has 0 aliphatic rings. The van der Waals surface area contributed by atoms with E-state index < -0.39 is 24.5 Å². The first kappa shape index (κ1) is 15.2. The normalized spacial score (nSPS) is 13.8. The second-order valence-corrected chi connectivity index (χ2v) is 3.83. The van der Waals surface area contributed by atoms with Gasteiger partial charge in [-0.3, -0.25) is 4.79 Å². The number of carboxylic acids is 1. The molecule has 0 aromatic carbocycles. The molecule has 1 atom stereocenters. The summed E-state index contributed by atoms with van der Waals surface area (Å²) in [4.78, 5) is 10.7. The molecule has 96 valence electrons. The average molecular weight is 241 g/mol. The largest absolute Gasteiger partial charge is 0.481 e. The fourth-order valence-electron chi connectivity index (χ4n) is 1.48. The SMILES string of the molecule is NCCCCC(CCCC(F)(F)F)C(=O)O. The van der Waals surface area contributed by atoms with Crippen molar-refractivity contribution in [2.75, 3.05) is 6.54 Å². The molecule has 3 N–H and O–H groups in total. The smallest absolute Gasteiger partial charge is 0.389 e. The number of carbonyl (C=O) groups is 1. The number of nitrogens with two attached hydrogens (primary N) is 1. The Kier molecular flexibility index (Phi) is 7.12. The van der Waals surface area contributed by atoms with E-state index in [4.69, 9.17) is 10.8 Å². The van der Waals surface area contributed by atoms with Crippen LogP contribution in [0.25, 0.3) is 0 Å². The standard InChI is InChI=1S/C10H18F3NO2/c11-10(12,13)6-3-5-8(9(15)16)4-1-2-7-14/h8H,1-7,14H2,(H,15,16). The van der Waals surface area contributed by atoms with Crippen LogP contribution in [0, 0.1) is 5.92 Å². The summed E-state index contributed by atoms with van der Waals surface area (Å²) in [7, 11) is 0. The van der Waals surface area contributed by atoms with E-state index in [2.05, 4.69) is 0 Å². The summed E-state index contributed by atoms with van der Waals surface area (Å²) in [5.41, 5.74) is 5.25. The van der Waals surface area contributed by atoms with Crippen LogP contribution in [0.2, 0.25) is 0 Å². The lowest BCUT2D eigenvalue weighted by molar-refractivity contribution is -0.145. The molecule has 0 aliphatic carbocycles. The molecule has 0 radical (unpaired) electrons. The first-order valence-corrected chi connectivity index (χ1v) is 5.36. The van der Waals surface area contributed by atoms with Crippen LogP contribution in [0.15, 0.2) is 0 Å². The van der Waals surface area contributed by atoms with E-state index in [0.717, 1.165) is 0 Å². The Morgan fingerprint density at radius 2 is 1.75 bits per heavy atom. The van der Waals surface area contributed by atoms with E-state index in [0.29, 0.717) is 25.8 Å². The molecule has 1 unspecified atom stereocenters. The second-order valence-electron chi connectivity index (χ2n) is 3.83. The summed E-state index contributed by atoms with van der Waals surface area (Å²) in [5, 5.41) is 8.79. The molecule has 0 heterocycles. The third-order valence-corrected chi connectivity index (χ3v) is 2.37. The van der Waals surface area contributed by atoms with Gasteiger partial charge in [0.2, 0.25) is 0 Å². The molecule has 0 saturated carbocycles. The van der Waals surface area contributed by atoms with Gasteiger partial charge >= 0.3 is 12.1 Å². The van der Waals surface area contributed by atoms with Gasteiger partial charge in [-0.2, -0.15) is 13.2 Å². The molecule has 3 nitrogen and oxygen atoms in total. The van der Waals surface area contributed by atoms with Crippen molar-refractivity contribution >= 4 is 5.97 Å². The molecule has 6 heteroatoms. The van der Waals surface area contributed by atoms with E-state index in [-0.39, 0.29) is 12.8 Å². The lowest BCUT2D eigenvalue weighted by Crippen LogP contribution is -2.16. The Hall–Kier alpha value is -0.780. The van der Waals surface area contributed by atoms with Crippen LogP contribution in [-0.2, 0) is 4.79 Å². The lowest BCUT2D eigenvalue weighted by Gasteiger charge is -2.12. The maximum absolute atomic E-state index is 11.8. The van der Waals surface area contributed by atoms with Crippen LogP contribution in [0.5, 0.6) is 0 Å². The van der Waals surface area contributed by atoms with Gasteiger partial charge in [0.15, 0.2) is 0 Å². The van der Waals surface area contributed by atoms with Gasteiger partial charge in [-0.25, -0.2) is 0 Å². The Morgan fingerprint density at radius 1 is 1.19 bits per heavy atom. The minimum absolute atomic E-state index is 0.0828. The molecule has 0 saturated heterocycles. The van der Waals surface area contributed by atoms with Crippen LogP contribution < -0.4 is 5.73 Å². The molecular weight excluding hydrogens is 223 g/mol. The number of hydrogen-bond acceptors (Lipinski definition) is 2. The topological polar surface area (TPSA) is 63.3 Å². The highest BCUT2D eigenvalue weighted by Crippen LogP contribution is 2.25. The fourth-order valence-corrected chi connectivity index (χ4v) is 1.48. The zero-order chi connectivity index (χ0) is 12.6. The van der Waals surface area contributed by atoms with Gasteiger partial charge < -0.3 is 10.8 Å². The summed E-state index contributed by atoms with van der Waals surface area (Å²) < 4.78 is 35.5. The molecule has 16 heavy (non-hydrogen) atoms. The summed E-state index contributed by atoms with van der Waals surface area (Å²) in [6.45, 7) is 0.481. The van der Waals surface area contributed by atoms with Gasteiger partial charge in [0.1, 0.15) is 0 Å². The minimum atomic E-state index is -4.19. The number of carboxylic acid groups (broad SMARTS) is 1. The fraction of sp³-hybridized carbons (Fsp3) is 0.900. The van der Waals surface area contributed by atoms with Gasteiger partial charge in [0.05, 0.1) is 5.92 Å². The first-order valence-electron chi connectivity index (χ1n) is 5.36. The van der Waals surface area contributed by atoms with Crippen LogP contribution in [0.1, 0.15) is 38.5 Å². The van der Waals surface area contributed by atoms with E-state index in [1.165, 1.54) is 0 Å². The average Bonchev–Trinajstić information content (AvgIpc) is 2.13. The summed E-state index contributed by atoms with van der Waals surface area (Å²) in [6, 6.07) is 0. The molecule has 0 aromatic heterocycles. The number of rotatable bonds is 8. The van der Waals surface area contributed by atoms with Gasteiger partial charge in [-0.1, -0.05) is 6.42 Å². The quantitative estimate of drug-likeness (QED) is 0.642. The number of halogens is 3. The maximum atomic E-state index is 11.8. The number of hydrogen-bond donors (Lipinski definition) is 2. The lowest BCUT2D eigenvalue weighted by atomic mass is 9.96. The third-order valence-electron chi connectivity index (χ3n) is 2.37. The van der Waals surface area contributed by atoms with Crippen molar-refractivity contribution in [2.24, 2.45) is 11.7 Å². The van der Waals surface area contributed by atoms with Crippen molar-refractivity contribution in [3.05, 3.63) is 0 Å². The highest BCUT2D eigenvalue weighted by molar-refractivity contribution is 5.69. The highest BCUT2D eigenvalue weighted by atomic mass is 19.4. The molecule has 0 aliphatic heterocycles. The van der Waals surface area contributed by atoms with E-state index in [1.54, 1.807) is 0 Å². The predicted octanol–water partition coefficient (Wildman–Crippen LogP) is 2.55. The summed E-state index contributed by atoms with van der Waals surface area (Å²) in [5.74, 6) is -1.69. The molecule has 0 spiro atoms. The predicted molar refractivity (Wildman–Crippen MR) is 53.9 cm³/mol. The summed E-state index contributed by atoms with van der Waals surface area (Å²) >= 11 is 0. The maximum Gasteiger partial charge on any atom is 0.389 e. The van der Waals surface area contributed by atoms with Crippen molar-refractivity contribution in [3.8, 4) is 0 Å². The molecular formula is C10H18F3NO2. The van der Waals surface area contributed by atoms with Crippen molar-refractivity contribution < 1.29 is 23.1 Å². The highest BCUT2D eigenvalue weighted by Gasteiger charge is 2.27. The van der Waals surface area contributed by atoms with Gasteiger partial charge in [-0.05, 0) is 32.2 Å². The number of alkyl halides is 3. The summed E-state index contributed by atoms with van der Waals surface area (Å²) in [6.07, 6.45) is -3.37. The Balaban J connectivity index is 3.81. The van der Waals surface area contributed by atoms with Crippen molar-refractivity contribution in [1.82, 2.24) is 0 Å². The van der Waals surface area contributed by atoms with Crippen molar-refractivity contribution in [2.45, 2.75) is 44.7 Å². The van der Waals surface area contributed by atoms with E-state index >= 15 is 0 Å². The van der Waals surface area contributed by atoms with Crippen molar-refractivity contribution in [3.63, 3.8) is 0 Å². The molecule has 0 fully saturated rings. The number of unbranched alkanes of at least 4 members (excludes halogenated alkanes) is 1. The number of aliphatic carboxylic acids is 1. The Morgan fingerprint density at radius 3 is 2.19 bits per heavy atom. The van der Waals surface area contributed by atoms with Crippen LogP contribution in [0.3, 0.4) is 0 Å². The first-order chi connectivity index (χ1) is 7.37. The zero-order valence-electron chi connectivity index (χ0n) is 9.09. The van der Waals surface area contributed by atoms with Crippen molar-refractivity contribution in [1.29, 1.82) is 0 Å². The molecule has 0 rings (SSSR count). The molecule has 0 bridgehead atoms. The molecule has 0 amide bonds. The van der Waals surface area contributed by atoms with Crippen LogP contribution >= 0.6 is 0 Å². The van der Waals surface area contributed by atoms with E-state index in [1.807, 2.05) is 0 Å². The molecule has 0 aromatic rings. The second kappa shape index (κ2) is 7.49. The van der Waals surface area contributed by atoms with Gasteiger partial charge in [-0.15, -0.1) is 0 Å². The Labute approximate surface area is 92.8 Å². The van der Waals surface area contributed by atoms with Gasteiger partial charge in [0, 0.05) is 6.42 Å². The third kappa shape index (κ3) is 8.52. The van der Waals surface area contributed by atoms with E-state index in [9.17, 15) is 18.0 Å². The Bertz CT molecular complexity index is 207. The van der Waals surface area contributed by atoms with Gasteiger partial charge in [0.25, 0.3) is 0 Å². The zero-order valence-corrected chi connectivity index (χ0v) is 9.09. The minimum Gasteiger partial charge on any atom is -0.481 e.